The number of carbonyl (C=O) groups excluding carboxylic acids is 1. The standard InChI is InChI=1S/C21H36N6OS/c1-3-18-16-24-19(29-18)8-9-23-21(22-2)27-14-12-25(13-15-27)17-20(28)26-10-6-4-5-7-11-26/h16H,3-15,17H2,1-2H3,(H,22,23). The Kier molecular flexibility index (Phi) is 8.73. The fourth-order valence-corrected chi connectivity index (χ4v) is 4.83. The Balaban J connectivity index is 1.38. The molecular formula is C21H36N6OS. The highest BCUT2D eigenvalue weighted by atomic mass is 32.1. The topological polar surface area (TPSA) is 64.1 Å². The molecule has 1 aromatic rings. The van der Waals surface area contributed by atoms with Gasteiger partial charge in [-0.2, -0.15) is 0 Å². The van der Waals surface area contributed by atoms with E-state index in [1.165, 1.54) is 22.7 Å². The molecular weight excluding hydrogens is 384 g/mol. The van der Waals surface area contributed by atoms with Crippen LogP contribution in [0.1, 0.15) is 42.5 Å². The van der Waals surface area contributed by atoms with Crippen molar-refractivity contribution in [3.8, 4) is 0 Å². The molecule has 8 heteroatoms. The fraction of sp³-hybridized carbons (Fsp3) is 0.762. The molecule has 3 heterocycles. The van der Waals surface area contributed by atoms with E-state index in [1.807, 2.05) is 13.2 Å². The van der Waals surface area contributed by atoms with E-state index >= 15 is 0 Å². The van der Waals surface area contributed by atoms with Crippen molar-refractivity contribution in [3.05, 3.63) is 16.1 Å². The normalized spacial score (nSPS) is 19.3. The third-order valence-electron chi connectivity index (χ3n) is 5.77. The molecule has 2 fully saturated rings. The highest BCUT2D eigenvalue weighted by Gasteiger charge is 2.23. The van der Waals surface area contributed by atoms with E-state index in [0.29, 0.717) is 12.5 Å². The summed E-state index contributed by atoms with van der Waals surface area (Å²) in [6.07, 6.45) is 8.80. The van der Waals surface area contributed by atoms with Crippen LogP contribution in [0.3, 0.4) is 0 Å². The summed E-state index contributed by atoms with van der Waals surface area (Å²) in [5.74, 6) is 1.26. The predicted molar refractivity (Wildman–Crippen MR) is 120 cm³/mol. The second kappa shape index (κ2) is 11.5. The van der Waals surface area contributed by atoms with Crippen molar-refractivity contribution < 1.29 is 4.79 Å². The van der Waals surface area contributed by atoms with Crippen LogP contribution in [0.4, 0.5) is 0 Å². The highest BCUT2D eigenvalue weighted by Crippen LogP contribution is 2.14. The van der Waals surface area contributed by atoms with Crippen LogP contribution < -0.4 is 5.32 Å². The molecule has 0 atom stereocenters. The molecule has 1 amide bonds. The Hall–Kier alpha value is -1.67. The minimum absolute atomic E-state index is 0.303. The van der Waals surface area contributed by atoms with Gasteiger partial charge in [-0.1, -0.05) is 19.8 Å². The van der Waals surface area contributed by atoms with Crippen LogP contribution in [-0.2, 0) is 17.6 Å². The van der Waals surface area contributed by atoms with Crippen molar-refractivity contribution >= 4 is 23.2 Å². The fourth-order valence-electron chi connectivity index (χ4n) is 3.97. The number of piperazine rings is 1. The lowest BCUT2D eigenvalue weighted by molar-refractivity contribution is -0.132. The van der Waals surface area contributed by atoms with Gasteiger partial charge in [-0.25, -0.2) is 4.98 Å². The van der Waals surface area contributed by atoms with Crippen LogP contribution in [0.25, 0.3) is 0 Å². The summed E-state index contributed by atoms with van der Waals surface area (Å²) >= 11 is 1.80. The summed E-state index contributed by atoms with van der Waals surface area (Å²) in [6, 6.07) is 0. The number of thiazole rings is 1. The number of carbonyl (C=O) groups is 1. The number of hydrogen-bond acceptors (Lipinski definition) is 5. The van der Waals surface area contributed by atoms with Gasteiger partial charge < -0.3 is 15.1 Å². The molecule has 7 nitrogen and oxygen atoms in total. The summed E-state index contributed by atoms with van der Waals surface area (Å²) in [5.41, 5.74) is 0. The first-order chi connectivity index (χ1) is 14.2. The van der Waals surface area contributed by atoms with Gasteiger partial charge in [0.2, 0.25) is 5.91 Å². The van der Waals surface area contributed by atoms with Gasteiger partial charge in [0.25, 0.3) is 0 Å². The number of hydrogen-bond donors (Lipinski definition) is 1. The largest absolute Gasteiger partial charge is 0.356 e. The average molecular weight is 421 g/mol. The van der Waals surface area contributed by atoms with Gasteiger partial charge >= 0.3 is 0 Å². The summed E-state index contributed by atoms with van der Waals surface area (Å²) in [5, 5.41) is 4.66. The summed E-state index contributed by atoms with van der Waals surface area (Å²) in [7, 11) is 1.84. The molecule has 0 bridgehead atoms. The van der Waals surface area contributed by atoms with Crippen LogP contribution >= 0.6 is 11.3 Å². The van der Waals surface area contributed by atoms with Crippen molar-refractivity contribution in [2.45, 2.75) is 45.4 Å². The second-order valence-corrected chi connectivity index (χ2v) is 9.06. The molecule has 29 heavy (non-hydrogen) atoms. The summed E-state index contributed by atoms with van der Waals surface area (Å²) in [4.78, 5) is 29.6. The van der Waals surface area contributed by atoms with E-state index < -0.39 is 0 Å². The van der Waals surface area contributed by atoms with Crippen LogP contribution in [0.15, 0.2) is 11.2 Å². The lowest BCUT2D eigenvalue weighted by Crippen LogP contribution is -2.54. The Morgan fingerprint density at radius 3 is 2.45 bits per heavy atom. The zero-order chi connectivity index (χ0) is 20.5. The van der Waals surface area contributed by atoms with Gasteiger partial charge in [-0.05, 0) is 19.3 Å². The number of amides is 1. The van der Waals surface area contributed by atoms with Gasteiger partial charge in [0, 0.05) is 70.4 Å². The van der Waals surface area contributed by atoms with Crippen LogP contribution in [-0.4, -0.2) is 91.0 Å². The Morgan fingerprint density at radius 1 is 1.10 bits per heavy atom. The molecule has 0 aromatic carbocycles. The van der Waals surface area contributed by atoms with Crippen LogP contribution in [0, 0.1) is 0 Å². The van der Waals surface area contributed by atoms with Crippen molar-refractivity contribution in [1.29, 1.82) is 0 Å². The minimum Gasteiger partial charge on any atom is -0.356 e. The third kappa shape index (κ3) is 6.67. The smallest absolute Gasteiger partial charge is 0.236 e. The maximum Gasteiger partial charge on any atom is 0.236 e. The number of nitrogens with zero attached hydrogens (tertiary/aromatic N) is 5. The maximum absolute atomic E-state index is 12.6. The van der Waals surface area contributed by atoms with E-state index in [9.17, 15) is 4.79 Å². The first kappa shape index (κ1) is 22.0. The zero-order valence-electron chi connectivity index (χ0n) is 18.0. The lowest BCUT2D eigenvalue weighted by atomic mass is 10.2. The summed E-state index contributed by atoms with van der Waals surface area (Å²) < 4.78 is 0. The van der Waals surface area contributed by atoms with Gasteiger partial charge in [0.1, 0.15) is 0 Å². The van der Waals surface area contributed by atoms with Gasteiger partial charge in [0.05, 0.1) is 11.6 Å². The van der Waals surface area contributed by atoms with Crippen molar-refractivity contribution in [2.24, 2.45) is 4.99 Å². The molecule has 2 saturated heterocycles. The highest BCUT2D eigenvalue weighted by molar-refractivity contribution is 7.11. The average Bonchev–Trinajstić information content (AvgIpc) is 3.03. The number of aromatic nitrogens is 1. The summed E-state index contributed by atoms with van der Waals surface area (Å²) in [6.45, 7) is 9.08. The van der Waals surface area contributed by atoms with Crippen molar-refractivity contribution in [3.63, 3.8) is 0 Å². The Bertz CT molecular complexity index is 660. The molecule has 0 aliphatic carbocycles. The molecule has 2 aliphatic heterocycles. The van der Waals surface area contributed by atoms with Crippen molar-refractivity contribution in [2.75, 3.05) is 59.4 Å². The van der Waals surface area contributed by atoms with Crippen molar-refractivity contribution in [1.82, 2.24) is 25.0 Å². The first-order valence-corrected chi connectivity index (χ1v) is 11.9. The van der Waals surface area contributed by atoms with E-state index in [4.69, 9.17) is 0 Å². The molecule has 162 valence electrons. The number of aliphatic imine (C=N–C) groups is 1. The van der Waals surface area contributed by atoms with E-state index in [0.717, 1.165) is 77.5 Å². The molecule has 0 spiro atoms. The number of aryl methyl sites for hydroxylation is 1. The monoisotopic (exact) mass is 420 g/mol. The quantitative estimate of drug-likeness (QED) is 0.562. The predicted octanol–water partition coefficient (Wildman–Crippen LogP) is 1.84. The molecule has 3 rings (SSSR count). The lowest BCUT2D eigenvalue weighted by Gasteiger charge is -2.37. The van der Waals surface area contributed by atoms with E-state index in [-0.39, 0.29) is 0 Å². The van der Waals surface area contributed by atoms with Crippen LogP contribution in [0.5, 0.6) is 0 Å². The molecule has 0 unspecified atom stereocenters. The number of nitrogens with one attached hydrogen (secondary N) is 1. The Labute approximate surface area is 179 Å². The van der Waals surface area contributed by atoms with Crippen LogP contribution in [0.2, 0.25) is 0 Å². The zero-order valence-corrected chi connectivity index (χ0v) is 18.8. The molecule has 1 N–H and O–H groups in total. The van der Waals surface area contributed by atoms with Gasteiger partial charge in [-0.15, -0.1) is 11.3 Å². The Morgan fingerprint density at radius 2 is 1.83 bits per heavy atom. The first-order valence-electron chi connectivity index (χ1n) is 11.1. The SMILES string of the molecule is CCc1cnc(CCNC(=NC)N2CCN(CC(=O)N3CCCCCC3)CC2)s1. The third-order valence-corrected chi connectivity index (χ3v) is 6.97. The number of guanidine groups is 1. The number of rotatable bonds is 6. The van der Waals surface area contributed by atoms with Gasteiger partial charge in [0.15, 0.2) is 5.96 Å². The number of likely N-dealkylation sites (tertiary alicyclic amines) is 1. The molecule has 0 saturated carbocycles. The molecule has 0 radical (unpaired) electrons. The van der Waals surface area contributed by atoms with Gasteiger partial charge in [-0.3, -0.25) is 14.7 Å². The second-order valence-electron chi connectivity index (χ2n) is 7.86. The minimum atomic E-state index is 0.303. The maximum atomic E-state index is 12.6. The molecule has 2 aliphatic rings. The van der Waals surface area contributed by atoms with E-state index in [2.05, 4.69) is 36.9 Å². The molecule has 1 aromatic heterocycles. The van der Waals surface area contributed by atoms with E-state index in [1.54, 1.807) is 11.3 Å².